The molecule has 0 radical (unpaired) electrons. The summed E-state index contributed by atoms with van der Waals surface area (Å²) in [6.45, 7) is 8.32. The highest BCUT2D eigenvalue weighted by molar-refractivity contribution is 5.77. The summed E-state index contributed by atoms with van der Waals surface area (Å²) in [5.41, 5.74) is 5.62. The zero-order chi connectivity index (χ0) is 10.1. The van der Waals surface area contributed by atoms with Crippen molar-refractivity contribution in [2.75, 3.05) is 13.1 Å². The van der Waals surface area contributed by atoms with E-state index in [2.05, 4.69) is 31.1 Å². The molecule has 0 atom stereocenters. The molecule has 0 aliphatic rings. The summed E-state index contributed by atoms with van der Waals surface area (Å²) in [5, 5.41) is 3.10. The quantitative estimate of drug-likeness (QED) is 0.376. The molecule has 0 unspecified atom stereocenters. The van der Waals surface area contributed by atoms with Crippen LogP contribution in [-0.4, -0.2) is 19.0 Å². The van der Waals surface area contributed by atoms with Gasteiger partial charge in [-0.05, 0) is 25.2 Å². The summed E-state index contributed by atoms with van der Waals surface area (Å²) in [5.74, 6) is 1.36. The molecular weight excluding hydrogens is 162 g/mol. The van der Waals surface area contributed by atoms with Crippen molar-refractivity contribution < 1.29 is 0 Å². The van der Waals surface area contributed by atoms with E-state index in [1.54, 1.807) is 0 Å². The van der Waals surface area contributed by atoms with Crippen LogP contribution in [0.3, 0.4) is 0 Å². The van der Waals surface area contributed by atoms with Gasteiger partial charge in [-0.3, -0.25) is 4.99 Å². The second-order valence-electron chi connectivity index (χ2n) is 3.73. The van der Waals surface area contributed by atoms with Crippen molar-refractivity contribution in [3.63, 3.8) is 0 Å². The number of nitrogens with one attached hydrogen (secondary N) is 1. The lowest BCUT2D eigenvalue weighted by Gasteiger charge is -2.06. The first-order valence-corrected chi connectivity index (χ1v) is 5.20. The van der Waals surface area contributed by atoms with Crippen LogP contribution in [0.1, 0.15) is 40.0 Å². The Balaban J connectivity index is 3.31. The Morgan fingerprint density at radius 3 is 2.69 bits per heavy atom. The van der Waals surface area contributed by atoms with Crippen LogP contribution >= 0.6 is 0 Å². The third-order valence-electron chi connectivity index (χ3n) is 1.77. The normalized spacial score (nSPS) is 12.2. The highest BCUT2D eigenvalue weighted by Gasteiger charge is 1.94. The van der Waals surface area contributed by atoms with Gasteiger partial charge in [0, 0.05) is 13.1 Å². The number of rotatable bonds is 6. The van der Waals surface area contributed by atoms with Crippen LogP contribution in [0.25, 0.3) is 0 Å². The second-order valence-corrected chi connectivity index (χ2v) is 3.73. The molecule has 78 valence electrons. The van der Waals surface area contributed by atoms with Crippen LogP contribution in [0, 0.1) is 5.92 Å². The van der Waals surface area contributed by atoms with Gasteiger partial charge in [0.1, 0.15) is 0 Å². The van der Waals surface area contributed by atoms with Gasteiger partial charge in [0.25, 0.3) is 0 Å². The number of nitrogens with two attached hydrogens (primary N) is 1. The molecule has 0 spiro atoms. The molecule has 0 aromatic rings. The number of hydrogen-bond acceptors (Lipinski definition) is 1. The first-order chi connectivity index (χ1) is 6.16. The average molecular weight is 185 g/mol. The van der Waals surface area contributed by atoms with E-state index in [-0.39, 0.29) is 0 Å². The van der Waals surface area contributed by atoms with Crippen LogP contribution in [-0.2, 0) is 0 Å². The van der Waals surface area contributed by atoms with Gasteiger partial charge in [-0.15, -0.1) is 0 Å². The summed E-state index contributed by atoms with van der Waals surface area (Å²) in [6, 6.07) is 0. The van der Waals surface area contributed by atoms with Gasteiger partial charge >= 0.3 is 0 Å². The summed E-state index contributed by atoms with van der Waals surface area (Å²) in [6.07, 6.45) is 3.46. The topological polar surface area (TPSA) is 50.4 Å². The Morgan fingerprint density at radius 1 is 1.46 bits per heavy atom. The SMILES string of the molecule is CCCN=C(N)NCCCC(C)C. The van der Waals surface area contributed by atoms with Crippen molar-refractivity contribution >= 4 is 5.96 Å². The van der Waals surface area contributed by atoms with E-state index in [1.165, 1.54) is 12.8 Å². The van der Waals surface area contributed by atoms with Gasteiger partial charge in [-0.25, -0.2) is 0 Å². The predicted octanol–water partition coefficient (Wildman–Crippen LogP) is 1.74. The molecule has 13 heavy (non-hydrogen) atoms. The van der Waals surface area contributed by atoms with Gasteiger partial charge in [0.2, 0.25) is 0 Å². The zero-order valence-corrected chi connectivity index (χ0v) is 9.14. The number of nitrogens with zero attached hydrogens (tertiary/aromatic N) is 1. The van der Waals surface area contributed by atoms with Crippen molar-refractivity contribution in [1.82, 2.24) is 5.32 Å². The molecular formula is C10H23N3. The fourth-order valence-corrected chi connectivity index (χ4v) is 1.01. The van der Waals surface area contributed by atoms with Crippen LogP contribution in [0.2, 0.25) is 0 Å². The average Bonchev–Trinajstić information content (AvgIpc) is 2.08. The molecule has 0 aromatic heterocycles. The maximum atomic E-state index is 5.62. The largest absolute Gasteiger partial charge is 0.370 e. The minimum atomic E-state index is 0.589. The van der Waals surface area contributed by atoms with E-state index in [4.69, 9.17) is 5.73 Å². The minimum Gasteiger partial charge on any atom is -0.370 e. The summed E-state index contributed by atoms with van der Waals surface area (Å²) in [4.78, 5) is 4.14. The highest BCUT2D eigenvalue weighted by atomic mass is 15.1. The lowest BCUT2D eigenvalue weighted by molar-refractivity contribution is 0.551. The summed E-state index contributed by atoms with van der Waals surface area (Å²) in [7, 11) is 0. The molecule has 0 aliphatic carbocycles. The van der Waals surface area contributed by atoms with Crippen LogP contribution < -0.4 is 11.1 Å². The molecule has 0 rings (SSSR count). The molecule has 0 aliphatic heterocycles. The Labute approximate surface area is 81.8 Å². The second kappa shape index (κ2) is 7.90. The lowest BCUT2D eigenvalue weighted by atomic mass is 10.1. The minimum absolute atomic E-state index is 0.589. The molecule has 0 amide bonds. The maximum Gasteiger partial charge on any atom is 0.188 e. The molecule has 3 heteroatoms. The number of hydrogen-bond donors (Lipinski definition) is 2. The van der Waals surface area contributed by atoms with Crippen molar-refractivity contribution in [3.8, 4) is 0 Å². The molecule has 0 heterocycles. The molecule has 0 bridgehead atoms. The molecule has 0 saturated carbocycles. The third kappa shape index (κ3) is 9.18. The zero-order valence-electron chi connectivity index (χ0n) is 9.14. The summed E-state index contributed by atoms with van der Waals surface area (Å²) >= 11 is 0. The lowest BCUT2D eigenvalue weighted by Crippen LogP contribution is -2.32. The van der Waals surface area contributed by atoms with E-state index in [9.17, 15) is 0 Å². The fourth-order valence-electron chi connectivity index (χ4n) is 1.01. The molecule has 3 nitrogen and oxygen atoms in total. The maximum absolute atomic E-state index is 5.62. The van der Waals surface area contributed by atoms with E-state index in [1.807, 2.05) is 0 Å². The van der Waals surface area contributed by atoms with Gasteiger partial charge in [0.05, 0.1) is 0 Å². The first-order valence-electron chi connectivity index (χ1n) is 5.20. The Morgan fingerprint density at radius 2 is 2.15 bits per heavy atom. The number of guanidine groups is 1. The third-order valence-corrected chi connectivity index (χ3v) is 1.77. The Kier molecular flexibility index (Phi) is 7.45. The number of aliphatic imine (C=N–C) groups is 1. The van der Waals surface area contributed by atoms with Crippen LogP contribution in [0.15, 0.2) is 4.99 Å². The summed E-state index contributed by atoms with van der Waals surface area (Å²) < 4.78 is 0. The monoisotopic (exact) mass is 185 g/mol. The van der Waals surface area contributed by atoms with E-state index in [0.29, 0.717) is 5.96 Å². The van der Waals surface area contributed by atoms with Gasteiger partial charge in [-0.1, -0.05) is 20.8 Å². The predicted molar refractivity (Wildman–Crippen MR) is 58.9 cm³/mol. The van der Waals surface area contributed by atoms with Gasteiger partial charge in [0.15, 0.2) is 5.96 Å². The Bertz CT molecular complexity index is 141. The molecule has 0 saturated heterocycles. The van der Waals surface area contributed by atoms with Crippen LogP contribution in [0.4, 0.5) is 0 Å². The van der Waals surface area contributed by atoms with E-state index in [0.717, 1.165) is 25.4 Å². The van der Waals surface area contributed by atoms with Crippen LogP contribution in [0.5, 0.6) is 0 Å². The standard InChI is InChI=1S/C10H23N3/c1-4-7-12-10(11)13-8-5-6-9(2)3/h9H,4-8H2,1-3H3,(H3,11,12,13). The smallest absolute Gasteiger partial charge is 0.188 e. The van der Waals surface area contributed by atoms with E-state index >= 15 is 0 Å². The first kappa shape index (κ1) is 12.3. The highest BCUT2D eigenvalue weighted by Crippen LogP contribution is 2.01. The van der Waals surface area contributed by atoms with Gasteiger partial charge in [-0.2, -0.15) is 0 Å². The van der Waals surface area contributed by atoms with Crippen molar-refractivity contribution in [1.29, 1.82) is 0 Å². The van der Waals surface area contributed by atoms with Crippen molar-refractivity contribution in [2.45, 2.75) is 40.0 Å². The molecule has 0 fully saturated rings. The molecule has 0 aromatic carbocycles. The Hall–Kier alpha value is -0.730. The molecule has 3 N–H and O–H groups in total. The fraction of sp³-hybridized carbons (Fsp3) is 0.900. The van der Waals surface area contributed by atoms with Crippen molar-refractivity contribution in [2.24, 2.45) is 16.6 Å². The van der Waals surface area contributed by atoms with Crippen molar-refractivity contribution in [3.05, 3.63) is 0 Å². The van der Waals surface area contributed by atoms with Gasteiger partial charge < -0.3 is 11.1 Å². The van der Waals surface area contributed by atoms with E-state index < -0.39 is 0 Å².